The zero-order chi connectivity index (χ0) is 11.3. The lowest BCUT2D eigenvalue weighted by Crippen LogP contribution is -2.25. The van der Waals surface area contributed by atoms with Crippen molar-refractivity contribution in [2.45, 2.75) is 26.8 Å². The minimum atomic E-state index is 0.308. The number of hydrogen-bond acceptors (Lipinski definition) is 3. The molecule has 0 aliphatic carbocycles. The molecule has 0 fully saturated rings. The Balaban J connectivity index is 2.33. The van der Waals surface area contributed by atoms with Crippen LogP contribution in [0.25, 0.3) is 0 Å². The quantitative estimate of drug-likeness (QED) is 0.807. The first-order valence-electron chi connectivity index (χ1n) is 5.42. The van der Waals surface area contributed by atoms with Crippen molar-refractivity contribution in [3.63, 3.8) is 0 Å². The second-order valence-electron chi connectivity index (χ2n) is 4.14. The van der Waals surface area contributed by atoms with Crippen molar-refractivity contribution < 1.29 is 4.42 Å². The van der Waals surface area contributed by atoms with Gasteiger partial charge in [0.15, 0.2) is 0 Å². The third kappa shape index (κ3) is 4.31. The largest absolute Gasteiger partial charge is 0.465 e. The van der Waals surface area contributed by atoms with Gasteiger partial charge in [0, 0.05) is 0 Å². The molecule has 0 spiro atoms. The van der Waals surface area contributed by atoms with Crippen molar-refractivity contribution in [1.29, 1.82) is 0 Å². The van der Waals surface area contributed by atoms with E-state index in [9.17, 15) is 0 Å². The maximum atomic E-state index is 5.57. The molecule has 1 aromatic rings. The number of thioether (sulfide) groups is 1. The van der Waals surface area contributed by atoms with Crippen LogP contribution in [0, 0.1) is 12.8 Å². The normalized spacial score (nSPS) is 15.2. The van der Waals surface area contributed by atoms with Gasteiger partial charge >= 0.3 is 0 Å². The highest BCUT2D eigenvalue weighted by Crippen LogP contribution is 2.16. The van der Waals surface area contributed by atoms with E-state index in [-0.39, 0.29) is 0 Å². The van der Waals surface area contributed by atoms with Gasteiger partial charge < -0.3 is 9.73 Å². The van der Waals surface area contributed by atoms with E-state index in [2.05, 4.69) is 25.4 Å². The fraction of sp³-hybridized carbons (Fsp3) is 0.667. The van der Waals surface area contributed by atoms with Crippen LogP contribution >= 0.6 is 11.8 Å². The van der Waals surface area contributed by atoms with Crippen LogP contribution in [0.2, 0.25) is 0 Å². The third-order valence-corrected chi connectivity index (χ3v) is 3.31. The van der Waals surface area contributed by atoms with Crippen LogP contribution in [-0.2, 0) is 0 Å². The summed E-state index contributed by atoms with van der Waals surface area (Å²) in [6.07, 6.45) is 2.15. The molecule has 3 heteroatoms. The zero-order valence-corrected chi connectivity index (χ0v) is 10.9. The van der Waals surface area contributed by atoms with Gasteiger partial charge in [-0.15, -0.1) is 0 Å². The van der Waals surface area contributed by atoms with Gasteiger partial charge in [0.2, 0.25) is 0 Å². The maximum Gasteiger partial charge on any atom is 0.120 e. The lowest BCUT2D eigenvalue weighted by Gasteiger charge is -2.15. The molecule has 0 aliphatic heterocycles. The van der Waals surface area contributed by atoms with Crippen molar-refractivity contribution in [3.05, 3.63) is 23.7 Å². The van der Waals surface area contributed by atoms with Gasteiger partial charge in [-0.25, -0.2) is 0 Å². The molecular formula is C12H21NOS. The second-order valence-corrected chi connectivity index (χ2v) is 5.05. The molecule has 2 atom stereocenters. The lowest BCUT2D eigenvalue weighted by molar-refractivity contribution is 0.402. The standard InChI is InChI=1S/C12H21NOS/c1-9(8-15-4)7-13-11(3)12-6-5-10(2)14-12/h5-6,9,11,13H,7-8H2,1-4H3. The summed E-state index contributed by atoms with van der Waals surface area (Å²) in [5.74, 6) is 3.93. The molecule has 1 rings (SSSR count). The van der Waals surface area contributed by atoms with Crippen molar-refractivity contribution >= 4 is 11.8 Å². The number of hydrogen-bond donors (Lipinski definition) is 1. The number of furan rings is 1. The molecule has 0 bridgehead atoms. The molecule has 0 aliphatic rings. The highest BCUT2D eigenvalue weighted by atomic mass is 32.2. The van der Waals surface area contributed by atoms with E-state index < -0.39 is 0 Å². The Morgan fingerprint density at radius 1 is 1.40 bits per heavy atom. The van der Waals surface area contributed by atoms with E-state index in [1.807, 2.05) is 30.8 Å². The maximum absolute atomic E-state index is 5.57. The molecule has 0 aromatic carbocycles. The van der Waals surface area contributed by atoms with Crippen LogP contribution in [0.5, 0.6) is 0 Å². The predicted molar refractivity (Wildman–Crippen MR) is 67.4 cm³/mol. The molecule has 0 saturated carbocycles. The molecule has 15 heavy (non-hydrogen) atoms. The summed E-state index contributed by atoms with van der Waals surface area (Å²) in [6, 6.07) is 4.37. The molecule has 1 N–H and O–H groups in total. The Bertz CT molecular complexity index is 285. The fourth-order valence-corrected chi connectivity index (χ4v) is 2.20. The highest BCUT2D eigenvalue weighted by Gasteiger charge is 2.10. The average molecular weight is 227 g/mol. The third-order valence-electron chi connectivity index (χ3n) is 2.41. The Labute approximate surface area is 96.8 Å². The molecule has 2 nitrogen and oxygen atoms in total. The first kappa shape index (κ1) is 12.7. The van der Waals surface area contributed by atoms with Gasteiger partial charge in [-0.05, 0) is 50.5 Å². The summed E-state index contributed by atoms with van der Waals surface area (Å²) in [5, 5.41) is 3.49. The van der Waals surface area contributed by atoms with Gasteiger partial charge in [-0.1, -0.05) is 6.92 Å². The van der Waals surface area contributed by atoms with Crippen molar-refractivity contribution in [3.8, 4) is 0 Å². The molecule has 2 unspecified atom stereocenters. The lowest BCUT2D eigenvalue weighted by atomic mass is 10.2. The summed E-state index contributed by atoms with van der Waals surface area (Å²) in [7, 11) is 0. The monoisotopic (exact) mass is 227 g/mol. The van der Waals surface area contributed by atoms with Crippen LogP contribution in [0.3, 0.4) is 0 Å². The SMILES string of the molecule is CSCC(C)CNC(C)c1ccc(C)o1. The van der Waals surface area contributed by atoms with Crippen LogP contribution in [0.15, 0.2) is 16.5 Å². The molecule has 1 aromatic heterocycles. The Hall–Kier alpha value is -0.410. The topological polar surface area (TPSA) is 25.2 Å². The molecular weight excluding hydrogens is 206 g/mol. The first-order chi connectivity index (χ1) is 7.13. The van der Waals surface area contributed by atoms with E-state index in [0.717, 1.165) is 18.1 Å². The van der Waals surface area contributed by atoms with Crippen LogP contribution < -0.4 is 5.32 Å². The summed E-state index contributed by atoms with van der Waals surface area (Å²) in [6.45, 7) is 7.43. The van der Waals surface area contributed by atoms with Crippen LogP contribution in [0.1, 0.15) is 31.4 Å². The van der Waals surface area contributed by atoms with Crippen molar-refractivity contribution in [1.82, 2.24) is 5.32 Å². The number of rotatable bonds is 6. The van der Waals surface area contributed by atoms with Crippen molar-refractivity contribution in [2.75, 3.05) is 18.6 Å². The second kappa shape index (κ2) is 6.23. The van der Waals surface area contributed by atoms with E-state index in [4.69, 9.17) is 4.42 Å². The van der Waals surface area contributed by atoms with Crippen LogP contribution in [0.4, 0.5) is 0 Å². The number of nitrogens with one attached hydrogen (secondary N) is 1. The Morgan fingerprint density at radius 3 is 2.67 bits per heavy atom. The summed E-state index contributed by atoms with van der Waals surface area (Å²) in [4.78, 5) is 0. The molecule has 86 valence electrons. The fourth-order valence-electron chi connectivity index (χ4n) is 1.51. The highest BCUT2D eigenvalue weighted by molar-refractivity contribution is 7.98. The first-order valence-corrected chi connectivity index (χ1v) is 6.81. The van der Waals surface area contributed by atoms with Gasteiger partial charge in [0.05, 0.1) is 6.04 Å². The summed E-state index contributed by atoms with van der Waals surface area (Å²) >= 11 is 1.90. The smallest absolute Gasteiger partial charge is 0.120 e. The Kier molecular flexibility index (Phi) is 5.26. The van der Waals surface area contributed by atoms with E-state index >= 15 is 0 Å². The number of aryl methyl sites for hydroxylation is 1. The van der Waals surface area contributed by atoms with Gasteiger partial charge in [0.25, 0.3) is 0 Å². The summed E-state index contributed by atoms with van der Waals surface area (Å²) < 4.78 is 5.57. The van der Waals surface area contributed by atoms with Gasteiger partial charge in [0.1, 0.15) is 11.5 Å². The minimum absolute atomic E-state index is 0.308. The van der Waals surface area contributed by atoms with Crippen LogP contribution in [-0.4, -0.2) is 18.6 Å². The van der Waals surface area contributed by atoms with E-state index in [0.29, 0.717) is 12.0 Å². The minimum Gasteiger partial charge on any atom is -0.465 e. The predicted octanol–water partition coefficient (Wildman–Crippen LogP) is 3.24. The summed E-state index contributed by atoms with van der Waals surface area (Å²) in [5.41, 5.74) is 0. The molecule has 0 radical (unpaired) electrons. The van der Waals surface area contributed by atoms with Gasteiger partial charge in [-0.3, -0.25) is 0 Å². The van der Waals surface area contributed by atoms with E-state index in [1.165, 1.54) is 5.75 Å². The molecule has 1 heterocycles. The average Bonchev–Trinajstić information content (AvgIpc) is 2.62. The Morgan fingerprint density at radius 2 is 2.13 bits per heavy atom. The van der Waals surface area contributed by atoms with E-state index in [1.54, 1.807) is 0 Å². The van der Waals surface area contributed by atoms with Gasteiger partial charge in [-0.2, -0.15) is 11.8 Å². The molecule has 0 saturated heterocycles. The zero-order valence-electron chi connectivity index (χ0n) is 10.0. The molecule has 0 amide bonds. The van der Waals surface area contributed by atoms with Crippen molar-refractivity contribution in [2.24, 2.45) is 5.92 Å².